The number of esters is 1. The van der Waals surface area contributed by atoms with E-state index in [0.717, 1.165) is 25.1 Å². The maximum Gasteiger partial charge on any atom is 0.359 e. The summed E-state index contributed by atoms with van der Waals surface area (Å²) in [6.45, 7) is 3.92. The van der Waals surface area contributed by atoms with Crippen LogP contribution in [-0.2, 0) is 17.7 Å². The zero-order chi connectivity index (χ0) is 11.8. The molecule has 92 valence electrons. The minimum atomic E-state index is -0.285. The van der Waals surface area contributed by atoms with Gasteiger partial charge in [-0.15, -0.1) is 0 Å². The van der Waals surface area contributed by atoms with Crippen LogP contribution in [0.15, 0.2) is 0 Å². The van der Waals surface area contributed by atoms with Gasteiger partial charge in [0.15, 0.2) is 5.69 Å². The molecule has 0 radical (unpaired) electrons. The number of aromatic nitrogens is 2. The summed E-state index contributed by atoms with van der Waals surface area (Å²) >= 11 is 0. The highest BCUT2D eigenvalue weighted by Gasteiger charge is 2.32. The number of hydrogen-bond acceptors (Lipinski definition) is 4. The molecule has 17 heavy (non-hydrogen) atoms. The van der Waals surface area contributed by atoms with Crippen molar-refractivity contribution >= 4 is 5.97 Å². The molecule has 0 bridgehead atoms. The topological polar surface area (TPSA) is 56.1 Å². The van der Waals surface area contributed by atoms with Crippen LogP contribution in [0, 0.1) is 0 Å². The minimum absolute atomic E-state index is 0.285. The summed E-state index contributed by atoms with van der Waals surface area (Å²) in [7, 11) is 0. The average Bonchev–Trinajstić information content (AvgIpc) is 3.10. The normalized spacial score (nSPS) is 18.9. The summed E-state index contributed by atoms with van der Waals surface area (Å²) in [6, 6.07) is 0.519. The molecule has 5 nitrogen and oxygen atoms in total. The molecule has 0 aromatic carbocycles. The number of ether oxygens (including phenoxy) is 1. The standard InChI is InChI=1S/C12H17N3O2/c1-2-17-12(16)11-9-7-13-6-5-10(9)15(14-11)8-3-4-8/h8,13H,2-7H2,1H3. The lowest BCUT2D eigenvalue weighted by atomic mass is 10.1. The van der Waals surface area contributed by atoms with Crippen LogP contribution in [0.1, 0.15) is 47.6 Å². The van der Waals surface area contributed by atoms with Gasteiger partial charge < -0.3 is 10.1 Å². The fourth-order valence-corrected chi connectivity index (χ4v) is 2.36. The van der Waals surface area contributed by atoms with Gasteiger partial charge in [-0.05, 0) is 19.8 Å². The maximum absolute atomic E-state index is 11.8. The lowest BCUT2D eigenvalue weighted by molar-refractivity contribution is 0.0517. The highest BCUT2D eigenvalue weighted by Crippen LogP contribution is 2.37. The van der Waals surface area contributed by atoms with E-state index < -0.39 is 0 Å². The summed E-state index contributed by atoms with van der Waals surface area (Å²) in [4.78, 5) is 11.8. The van der Waals surface area contributed by atoms with Gasteiger partial charge in [0, 0.05) is 30.8 Å². The van der Waals surface area contributed by atoms with E-state index in [2.05, 4.69) is 15.1 Å². The van der Waals surface area contributed by atoms with Crippen LogP contribution in [0.3, 0.4) is 0 Å². The largest absolute Gasteiger partial charge is 0.461 e. The molecule has 1 aliphatic carbocycles. The molecule has 0 saturated heterocycles. The Bertz CT molecular complexity index is 449. The van der Waals surface area contributed by atoms with Gasteiger partial charge in [-0.3, -0.25) is 4.68 Å². The Morgan fingerprint density at radius 1 is 1.59 bits per heavy atom. The van der Waals surface area contributed by atoms with Gasteiger partial charge >= 0.3 is 5.97 Å². The third-order valence-corrected chi connectivity index (χ3v) is 3.32. The van der Waals surface area contributed by atoms with Crippen LogP contribution in [0.2, 0.25) is 0 Å². The molecule has 1 N–H and O–H groups in total. The molecule has 2 aliphatic rings. The van der Waals surface area contributed by atoms with Crippen LogP contribution in [-0.4, -0.2) is 28.9 Å². The first-order chi connectivity index (χ1) is 8.31. The van der Waals surface area contributed by atoms with Gasteiger partial charge in [0.25, 0.3) is 0 Å². The van der Waals surface area contributed by atoms with E-state index in [1.165, 1.54) is 18.5 Å². The monoisotopic (exact) mass is 235 g/mol. The van der Waals surface area contributed by atoms with Crippen molar-refractivity contribution in [2.75, 3.05) is 13.2 Å². The molecule has 1 fully saturated rings. The van der Waals surface area contributed by atoms with E-state index in [4.69, 9.17) is 4.74 Å². The van der Waals surface area contributed by atoms with Gasteiger partial charge in [0.2, 0.25) is 0 Å². The summed E-state index contributed by atoms with van der Waals surface area (Å²) < 4.78 is 7.12. The van der Waals surface area contributed by atoms with Crippen LogP contribution < -0.4 is 5.32 Å². The molecular weight excluding hydrogens is 218 g/mol. The molecular formula is C12H17N3O2. The number of hydrogen-bond donors (Lipinski definition) is 1. The van der Waals surface area contributed by atoms with Gasteiger partial charge in [-0.25, -0.2) is 4.79 Å². The second-order valence-corrected chi connectivity index (χ2v) is 4.60. The average molecular weight is 235 g/mol. The van der Waals surface area contributed by atoms with Gasteiger partial charge in [0.1, 0.15) is 0 Å². The van der Waals surface area contributed by atoms with E-state index in [1.54, 1.807) is 0 Å². The quantitative estimate of drug-likeness (QED) is 0.795. The Hall–Kier alpha value is -1.36. The Morgan fingerprint density at radius 3 is 3.12 bits per heavy atom. The Labute approximate surface area is 100 Å². The van der Waals surface area contributed by atoms with E-state index in [9.17, 15) is 4.79 Å². The molecule has 1 aromatic heterocycles. The zero-order valence-corrected chi connectivity index (χ0v) is 10.0. The third-order valence-electron chi connectivity index (χ3n) is 3.32. The number of nitrogens with zero attached hydrogens (tertiary/aromatic N) is 2. The van der Waals surface area contributed by atoms with Gasteiger partial charge in [-0.1, -0.05) is 0 Å². The number of carbonyl (C=O) groups is 1. The van der Waals surface area contributed by atoms with Crippen LogP contribution in [0.25, 0.3) is 0 Å². The van der Waals surface area contributed by atoms with Crippen molar-refractivity contribution in [3.05, 3.63) is 17.0 Å². The first-order valence-electron chi connectivity index (χ1n) is 6.29. The fourth-order valence-electron chi connectivity index (χ4n) is 2.36. The van der Waals surface area contributed by atoms with E-state index in [1.807, 2.05) is 6.92 Å². The van der Waals surface area contributed by atoms with Crippen LogP contribution >= 0.6 is 0 Å². The number of nitrogens with one attached hydrogen (secondary N) is 1. The summed E-state index contributed by atoms with van der Waals surface area (Å²) in [5, 5.41) is 7.76. The van der Waals surface area contributed by atoms with Crippen molar-refractivity contribution in [2.45, 2.75) is 38.8 Å². The molecule has 0 amide bonds. The van der Waals surface area contributed by atoms with Crippen LogP contribution in [0.5, 0.6) is 0 Å². The molecule has 1 aliphatic heterocycles. The first-order valence-corrected chi connectivity index (χ1v) is 6.29. The molecule has 0 spiro atoms. The smallest absolute Gasteiger partial charge is 0.359 e. The minimum Gasteiger partial charge on any atom is -0.461 e. The van der Waals surface area contributed by atoms with Crippen molar-refractivity contribution in [2.24, 2.45) is 0 Å². The Balaban J connectivity index is 1.99. The first kappa shape index (κ1) is 10.8. The molecule has 5 heteroatoms. The van der Waals surface area contributed by atoms with Crippen molar-refractivity contribution in [1.82, 2.24) is 15.1 Å². The zero-order valence-electron chi connectivity index (χ0n) is 10.0. The summed E-state index contributed by atoms with van der Waals surface area (Å²) in [5.41, 5.74) is 2.79. The molecule has 1 saturated carbocycles. The number of carbonyl (C=O) groups excluding carboxylic acids is 1. The Morgan fingerprint density at radius 2 is 2.41 bits per heavy atom. The van der Waals surface area contributed by atoms with Crippen molar-refractivity contribution in [1.29, 1.82) is 0 Å². The van der Waals surface area contributed by atoms with E-state index in [0.29, 0.717) is 18.3 Å². The van der Waals surface area contributed by atoms with Crippen molar-refractivity contribution < 1.29 is 9.53 Å². The summed E-state index contributed by atoms with van der Waals surface area (Å²) in [6.07, 6.45) is 3.33. The molecule has 3 rings (SSSR count). The highest BCUT2D eigenvalue weighted by atomic mass is 16.5. The van der Waals surface area contributed by atoms with Crippen molar-refractivity contribution in [3.63, 3.8) is 0 Å². The van der Waals surface area contributed by atoms with Crippen LogP contribution in [0.4, 0.5) is 0 Å². The van der Waals surface area contributed by atoms with Gasteiger partial charge in [-0.2, -0.15) is 5.10 Å². The summed E-state index contributed by atoms with van der Waals surface area (Å²) in [5.74, 6) is -0.285. The molecule has 1 aromatic rings. The molecule has 0 atom stereocenters. The lowest BCUT2D eigenvalue weighted by Crippen LogP contribution is -2.25. The second-order valence-electron chi connectivity index (χ2n) is 4.60. The molecule has 2 heterocycles. The maximum atomic E-state index is 11.8. The number of rotatable bonds is 3. The third kappa shape index (κ3) is 1.84. The Kier molecular flexibility index (Phi) is 2.63. The lowest BCUT2D eigenvalue weighted by Gasteiger charge is -2.15. The predicted octanol–water partition coefficient (Wildman–Crippen LogP) is 1.04. The fraction of sp³-hybridized carbons (Fsp3) is 0.667. The predicted molar refractivity (Wildman–Crippen MR) is 61.9 cm³/mol. The number of fused-ring (bicyclic) bond motifs is 1. The second kappa shape index (κ2) is 4.14. The van der Waals surface area contributed by atoms with Gasteiger partial charge in [0.05, 0.1) is 12.6 Å². The van der Waals surface area contributed by atoms with E-state index >= 15 is 0 Å². The SMILES string of the molecule is CCOC(=O)c1nn(C2CC2)c2c1CNCC2. The van der Waals surface area contributed by atoms with Crippen molar-refractivity contribution in [3.8, 4) is 0 Å². The van der Waals surface area contributed by atoms with E-state index in [-0.39, 0.29) is 5.97 Å². The highest BCUT2D eigenvalue weighted by molar-refractivity contribution is 5.89. The molecule has 0 unspecified atom stereocenters.